The SMILES string of the molecule is Cc1ccc(C(CN)N2CCCC(C)CC2)c(Br)c1. The number of hydrogen-bond donors (Lipinski definition) is 1. The van der Waals surface area contributed by atoms with Crippen LogP contribution in [0.25, 0.3) is 0 Å². The molecule has 0 aromatic heterocycles. The number of hydrogen-bond acceptors (Lipinski definition) is 2. The van der Waals surface area contributed by atoms with Crippen molar-refractivity contribution in [1.29, 1.82) is 0 Å². The van der Waals surface area contributed by atoms with Crippen molar-refractivity contribution in [2.45, 2.75) is 39.2 Å². The van der Waals surface area contributed by atoms with E-state index in [0.29, 0.717) is 12.6 Å². The second-order valence-electron chi connectivity index (χ2n) is 5.85. The lowest BCUT2D eigenvalue weighted by Crippen LogP contribution is -2.34. The van der Waals surface area contributed by atoms with Crippen LogP contribution in [0.5, 0.6) is 0 Å². The van der Waals surface area contributed by atoms with E-state index in [1.54, 1.807) is 0 Å². The van der Waals surface area contributed by atoms with Gasteiger partial charge in [-0.25, -0.2) is 0 Å². The Morgan fingerprint density at radius 3 is 2.84 bits per heavy atom. The summed E-state index contributed by atoms with van der Waals surface area (Å²) in [6.45, 7) is 7.52. The maximum Gasteiger partial charge on any atom is 0.0481 e. The molecule has 1 aliphatic rings. The first kappa shape index (κ1) is 15.0. The van der Waals surface area contributed by atoms with Crippen molar-refractivity contribution >= 4 is 15.9 Å². The van der Waals surface area contributed by atoms with Crippen molar-refractivity contribution in [3.05, 3.63) is 33.8 Å². The van der Waals surface area contributed by atoms with Crippen LogP contribution in [-0.2, 0) is 0 Å². The lowest BCUT2D eigenvalue weighted by molar-refractivity contribution is 0.207. The summed E-state index contributed by atoms with van der Waals surface area (Å²) in [7, 11) is 0. The fraction of sp³-hybridized carbons (Fsp3) is 0.625. The van der Waals surface area contributed by atoms with Crippen LogP contribution in [0.1, 0.15) is 43.4 Å². The van der Waals surface area contributed by atoms with E-state index in [4.69, 9.17) is 5.73 Å². The van der Waals surface area contributed by atoms with Gasteiger partial charge in [0, 0.05) is 17.1 Å². The summed E-state index contributed by atoms with van der Waals surface area (Å²) in [6.07, 6.45) is 3.93. The molecule has 2 rings (SSSR count). The predicted octanol–water partition coefficient (Wildman–Crippen LogP) is 3.88. The Hall–Kier alpha value is -0.380. The first-order valence-electron chi connectivity index (χ1n) is 7.32. The summed E-state index contributed by atoms with van der Waals surface area (Å²) in [5.41, 5.74) is 8.69. The molecule has 2 N–H and O–H groups in total. The van der Waals surface area contributed by atoms with Crippen LogP contribution >= 0.6 is 15.9 Å². The van der Waals surface area contributed by atoms with Gasteiger partial charge in [-0.1, -0.05) is 35.0 Å². The average Bonchev–Trinajstić information content (AvgIpc) is 2.58. The smallest absolute Gasteiger partial charge is 0.0481 e. The molecule has 0 saturated carbocycles. The quantitative estimate of drug-likeness (QED) is 0.914. The molecule has 1 aromatic rings. The molecule has 3 heteroatoms. The van der Waals surface area contributed by atoms with Gasteiger partial charge in [-0.05, 0) is 62.4 Å². The summed E-state index contributed by atoms with van der Waals surface area (Å²) < 4.78 is 1.19. The van der Waals surface area contributed by atoms with Crippen LogP contribution in [0.4, 0.5) is 0 Å². The second kappa shape index (κ2) is 6.87. The Kier molecular flexibility index (Phi) is 5.43. The van der Waals surface area contributed by atoms with E-state index in [2.05, 4.69) is 52.9 Å². The molecule has 0 amide bonds. The average molecular weight is 325 g/mol. The van der Waals surface area contributed by atoms with E-state index < -0.39 is 0 Å². The molecule has 1 aliphatic heterocycles. The van der Waals surface area contributed by atoms with Crippen LogP contribution in [-0.4, -0.2) is 24.5 Å². The molecule has 0 bridgehead atoms. The number of likely N-dealkylation sites (tertiary alicyclic amines) is 1. The Bertz CT molecular complexity index is 419. The first-order valence-corrected chi connectivity index (χ1v) is 8.11. The summed E-state index contributed by atoms with van der Waals surface area (Å²) in [5.74, 6) is 0.852. The third-order valence-corrected chi connectivity index (χ3v) is 4.92. The summed E-state index contributed by atoms with van der Waals surface area (Å²) in [5, 5.41) is 0. The number of aryl methyl sites for hydroxylation is 1. The molecule has 2 atom stereocenters. The monoisotopic (exact) mass is 324 g/mol. The minimum Gasteiger partial charge on any atom is -0.329 e. The van der Waals surface area contributed by atoms with Gasteiger partial charge in [0.2, 0.25) is 0 Å². The Balaban J connectivity index is 2.18. The lowest BCUT2D eigenvalue weighted by atomic mass is 10.0. The van der Waals surface area contributed by atoms with Gasteiger partial charge >= 0.3 is 0 Å². The van der Waals surface area contributed by atoms with E-state index in [1.807, 2.05) is 0 Å². The number of benzene rings is 1. The van der Waals surface area contributed by atoms with E-state index in [-0.39, 0.29) is 0 Å². The number of halogens is 1. The number of nitrogens with two attached hydrogens (primary N) is 1. The molecule has 1 fully saturated rings. The molecule has 2 nitrogen and oxygen atoms in total. The van der Waals surface area contributed by atoms with Gasteiger partial charge in [0.15, 0.2) is 0 Å². The van der Waals surface area contributed by atoms with E-state index in [1.165, 1.54) is 48.0 Å². The van der Waals surface area contributed by atoms with Crippen LogP contribution in [0.15, 0.2) is 22.7 Å². The minimum absolute atomic E-state index is 0.347. The zero-order valence-corrected chi connectivity index (χ0v) is 13.6. The number of rotatable bonds is 3. The zero-order valence-electron chi connectivity index (χ0n) is 12.0. The highest BCUT2D eigenvalue weighted by molar-refractivity contribution is 9.10. The highest BCUT2D eigenvalue weighted by atomic mass is 79.9. The standard InChI is InChI=1S/C16H25BrN2/c1-12-4-3-8-19(9-7-12)16(11-18)14-6-5-13(2)10-15(14)17/h5-6,10,12,16H,3-4,7-9,11,18H2,1-2H3. The first-order chi connectivity index (χ1) is 9.11. The largest absolute Gasteiger partial charge is 0.329 e. The Morgan fingerprint density at radius 1 is 1.37 bits per heavy atom. The van der Waals surface area contributed by atoms with Gasteiger partial charge in [-0.15, -0.1) is 0 Å². The molecule has 19 heavy (non-hydrogen) atoms. The maximum absolute atomic E-state index is 6.07. The number of nitrogens with zero attached hydrogens (tertiary/aromatic N) is 1. The molecular weight excluding hydrogens is 300 g/mol. The molecular formula is C16H25BrN2. The van der Waals surface area contributed by atoms with Crippen LogP contribution in [0, 0.1) is 12.8 Å². The highest BCUT2D eigenvalue weighted by Crippen LogP contribution is 2.30. The summed E-state index contributed by atoms with van der Waals surface area (Å²) in [6, 6.07) is 6.95. The normalized spacial score (nSPS) is 23.1. The Labute approximate surface area is 125 Å². The molecule has 0 aliphatic carbocycles. The third-order valence-electron chi connectivity index (χ3n) is 4.23. The second-order valence-corrected chi connectivity index (χ2v) is 6.70. The molecule has 1 aromatic carbocycles. The molecule has 0 radical (unpaired) electrons. The van der Waals surface area contributed by atoms with Crippen LogP contribution in [0.3, 0.4) is 0 Å². The van der Waals surface area contributed by atoms with E-state index >= 15 is 0 Å². The fourth-order valence-electron chi connectivity index (χ4n) is 2.97. The van der Waals surface area contributed by atoms with Gasteiger partial charge in [0.25, 0.3) is 0 Å². The molecule has 106 valence electrons. The Morgan fingerprint density at radius 2 is 2.16 bits per heavy atom. The third kappa shape index (κ3) is 3.80. The van der Waals surface area contributed by atoms with Crippen LogP contribution < -0.4 is 5.73 Å². The molecule has 0 spiro atoms. The summed E-state index contributed by atoms with van der Waals surface area (Å²) >= 11 is 3.70. The van der Waals surface area contributed by atoms with E-state index in [0.717, 1.165) is 5.92 Å². The van der Waals surface area contributed by atoms with Crippen molar-refractivity contribution in [3.8, 4) is 0 Å². The van der Waals surface area contributed by atoms with E-state index in [9.17, 15) is 0 Å². The maximum atomic E-state index is 6.07. The van der Waals surface area contributed by atoms with Gasteiger partial charge in [-0.3, -0.25) is 4.90 Å². The van der Waals surface area contributed by atoms with Gasteiger partial charge < -0.3 is 5.73 Å². The van der Waals surface area contributed by atoms with Gasteiger partial charge in [0.1, 0.15) is 0 Å². The molecule has 2 unspecified atom stereocenters. The molecule has 1 saturated heterocycles. The van der Waals surface area contributed by atoms with Crippen LogP contribution in [0.2, 0.25) is 0 Å². The summed E-state index contributed by atoms with van der Waals surface area (Å²) in [4.78, 5) is 2.57. The molecule has 1 heterocycles. The van der Waals surface area contributed by atoms with Crippen molar-refractivity contribution in [2.24, 2.45) is 11.7 Å². The fourth-order valence-corrected chi connectivity index (χ4v) is 3.73. The van der Waals surface area contributed by atoms with Gasteiger partial charge in [-0.2, -0.15) is 0 Å². The minimum atomic E-state index is 0.347. The van der Waals surface area contributed by atoms with Gasteiger partial charge in [0.05, 0.1) is 0 Å². The van der Waals surface area contributed by atoms with Crippen molar-refractivity contribution < 1.29 is 0 Å². The highest BCUT2D eigenvalue weighted by Gasteiger charge is 2.23. The predicted molar refractivity (Wildman–Crippen MR) is 85.3 cm³/mol. The zero-order chi connectivity index (χ0) is 13.8. The van der Waals surface area contributed by atoms with Crippen molar-refractivity contribution in [1.82, 2.24) is 4.90 Å². The van der Waals surface area contributed by atoms with Crippen molar-refractivity contribution in [3.63, 3.8) is 0 Å². The topological polar surface area (TPSA) is 29.3 Å². The lowest BCUT2D eigenvalue weighted by Gasteiger charge is -2.31. The van der Waals surface area contributed by atoms with Crippen molar-refractivity contribution in [2.75, 3.05) is 19.6 Å².